The largest absolute Gasteiger partial charge is 0.366 e. The highest BCUT2D eigenvalue weighted by Gasteiger charge is 2.37. The topological polar surface area (TPSA) is 159 Å². The third-order valence-electron chi connectivity index (χ3n) is 6.70. The summed E-state index contributed by atoms with van der Waals surface area (Å²) in [5.74, 6) is -1.78. The average molecular weight is 700 g/mol. The Hall–Kier alpha value is -2.82. The molecule has 11 nitrogen and oxygen atoms in total. The zero-order chi connectivity index (χ0) is 28.9. The number of carbonyl (C=O) groups is 4. The Morgan fingerprint density at radius 1 is 1.07 bits per heavy atom. The van der Waals surface area contributed by atoms with E-state index in [0.717, 1.165) is 19.6 Å². The van der Waals surface area contributed by atoms with Crippen LogP contribution in [-0.4, -0.2) is 73.6 Å². The summed E-state index contributed by atoms with van der Waals surface area (Å²) in [6.07, 6.45) is 3.48. The number of sulfonamides is 1. The number of nitrogens with zero attached hydrogens (tertiary/aromatic N) is 2. The van der Waals surface area contributed by atoms with Crippen molar-refractivity contribution in [2.45, 2.75) is 42.2 Å². The van der Waals surface area contributed by atoms with E-state index < -0.39 is 33.9 Å². The second-order valence-corrected chi connectivity index (χ2v) is 13.1. The van der Waals surface area contributed by atoms with Crippen molar-refractivity contribution in [1.82, 2.24) is 14.5 Å². The molecule has 40 heavy (non-hydrogen) atoms. The fourth-order valence-corrected chi connectivity index (χ4v) is 7.28. The highest BCUT2D eigenvalue weighted by Crippen LogP contribution is 2.23. The van der Waals surface area contributed by atoms with Gasteiger partial charge in [0.15, 0.2) is 0 Å². The fourth-order valence-electron chi connectivity index (χ4n) is 4.69. The zero-order valence-corrected chi connectivity index (χ0v) is 25.3. The van der Waals surface area contributed by atoms with Gasteiger partial charge in [0.2, 0.25) is 33.7 Å². The molecule has 1 aromatic carbocycles. The average Bonchev–Trinajstić information content (AvgIpc) is 3.60. The van der Waals surface area contributed by atoms with E-state index in [1.807, 2.05) is 12.1 Å². The molecule has 0 aliphatic carbocycles. The Balaban J connectivity index is 1.34. The van der Waals surface area contributed by atoms with E-state index in [-0.39, 0.29) is 18.4 Å². The summed E-state index contributed by atoms with van der Waals surface area (Å²) in [6, 6.07) is 8.24. The van der Waals surface area contributed by atoms with Gasteiger partial charge in [-0.1, -0.05) is 22.6 Å². The van der Waals surface area contributed by atoms with Crippen LogP contribution in [0.5, 0.6) is 0 Å². The first kappa shape index (κ1) is 30.1. The molecule has 2 aliphatic heterocycles. The predicted octanol–water partition coefficient (Wildman–Crippen LogP) is 2.29. The van der Waals surface area contributed by atoms with Crippen LogP contribution in [0.3, 0.4) is 0 Å². The van der Waals surface area contributed by atoms with Gasteiger partial charge in [-0.3, -0.25) is 19.2 Å². The first-order valence-electron chi connectivity index (χ1n) is 12.7. The van der Waals surface area contributed by atoms with Crippen LogP contribution in [0, 0.1) is 0 Å². The summed E-state index contributed by atoms with van der Waals surface area (Å²) in [5, 5.41) is 3.82. The van der Waals surface area contributed by atoms with Crippen molar-refractivity contribution < 1.29 is 27.6 Å². The molecule has 4 N–H and O–H groups in total. The quantitative estimate of drug-likeness (QED) is 0.255. The number of benzene rings is 1. The first-order valence-corrected chi connectivity index (χ1v) is 16.6. The second-order valence-electron chi connectivity index (χ2n) is 9.53. The number of piperidine rings is 1. The maximum atomic E-state index is 13.2. The monoisotopic (exact) mass is 699 g/mol. The second kappa shape index (κ2) is 13.2. The SMILES string of the molecule is NC(=O)c1ccc(NC(=O)[C@@H]2CCCN2C(=O)CN2CCC[C@H](NS(=O)(=O)/C=C/c3ccc(CI)s3)C2=O)cc1. The minimum atomic E-state index is -3.88. The number of hydrogen-bond donors (Lipinski definition) is 3. The van der Waals surface area contributed by atoms with Crippen LogP contribution in [0.25, 0.3) is 6.08 Å². The van der Waals surface area contributed by atoms with E-state index in [9.17, 15) is 27.6 Å². The third-order valence-corrected chi connectivity index (χ3v) is 10.2. The van der Waals surface area contributed by atoms with Crippen LogP contribution in [0.15, 0.2) is 41.8 Å². The molecule has 2 saturated heterocycles. The Morgan fingerprint density at radius 2 is 1.80 bits per heavy atom. The van der Waals surface area contributed by atoms with Crippen LogP contribution in [0.2, 0.25) is 0 Å². The minimum Gasteiger partial charge on any atom is -0.366 e. The smallest absolute Gasteiger partial charge is 0.248 e. The molecule has 2 aromatic rings. The van der Waals surface area contributed by atoms with Gasteiger partial charge in [0.25, 0.3) is 0 Å². The van der Waals surface area contributed by atoms with Gasteiger partial charge in [0.05, 0.1) is 6.54 Å². The molecule has 4 amide bonds. The molecule has 0 bridgehead atoms. The van der Waals surface area contributed by atoms with Crippen LogP contribution in [0.1, 0.15) is 45.8 Å². The number of thiophene rings is 1. The summed E-state index contributed by atoms with van der Waals surface area (Å²) >= 11 is 3.73. The number of likely N-dealkylation sites (tertiary alicyclic amines) is 2. The van der Waals surface area contributed by atoms with E-state index in [2.05, 4.69) is 32.6 Å². The normalized spacial score (nSPS) is 19.8. The van der Waals surface area contributed by atoms with Crippen LogP contribution >= 0.6 is 33.9 Å². The molecule has 4 rings (SSSR count). The molecule has 1 aromatic heterocycles. The lowest BCUT2D eigenvalue weighted by Gasteiger charge is -2.33. The molecular formula is C26H30IN5O6S2. The molecule has 14 heteroatoms. The molecule has 2 fully saturated rings. The molecule has 2 aliphatic rings. The van der Waals surface area contributed by atoms with Crippen molar-refractivity contribution >= 4 is 79.3 Å². The molecule has 0 spiro atoms. The van der Waals surface area contributed by atoms with Crippen molar-refractivity contribution in [3.05, 3.63) is 57.1 Å². The van der Waals surface area contributed by atoms with Crippen LogP contribution in [0.4, 0.5) is 5.69 Å². The summed E-state index contributed by atoms with van der Waals surface area (Å²) in [4.78, 5) is 55.2. The van der Waals surface area contributed by atoms with Gasteiger partial charge in [0.1, 0.15) is 12.1 Å². The molecule has 0 saturated carbocycles. The van der Waals surface area contributed by atoms with Crippen molar-refractivity contribution in [1.29, 1.82) is 0 Å². The summed E-state index contributed by atoms with van der Waals surface area (Å²) in [6.45, 7) is 0.463. The Morgan fingerprint density at radius 3 is 2.48 bits per heavy atom. The van der Waals surface area contributed by atoms with Gasteiger partial charge in [-0.2, -0.15) is 4.72 Å². The van der Waals surface area contributed by atoms with Gasteiger partial charge >= 0.3 is 0 Å². The maximum absolute atomic E-state index is 13.2. The number of amides is 4. The van der Waals surface area contributed by atoms with Gasteiger partial charge in [-0.25, -0.2) is 8.42 Å². The third kappa shape index (κ3) is 7.67. The Kier molecular flexibility index (Phi) is 9.97. The highest BCUT2D eigenvalue weighted by atomic mass is 127. The number of halogens is 1. The van der Waals surface area contributed by atoms with Gasteiger partial charge in [0, 0.05) is 43.9 Å². The maximum Gasteiger partial charge on any atom is 0.248 e. The lowest BCUT2D eigenvalue weighted by molar-refractivity contribution is -0.144. The molecule has 0 radical (unpaired) electrons. The number of hydrogen-bond acceptors (Lipinski definition) is 7. The lowest BCUT2D eigenvalue weighted by atomic mass is 10.1. The molecular weight excluding hydrogens is 669 g/mol. The van der Waals surface area contributed by atoms with Gasteiger partial charge in [-0.05, 0) is 68.2 Å². The lowest BCUT2D eigenvalue weighted by Crippen LogP contribution is -2.55. The minimum absolute atomic E-state index is 0.238. The van der Waals surface area contributed by atoms with E-state index in [1.54, 1.807) is 12.1 Å². The highest BCUT2D eigenvalue weighted by molar-refractivity contribution is 14.1. The van der Waals surface area contributed by atoms with Gasteiger partial charge in [-0.15, -0.1) is 11.3 Å². The van der Waals surface area contributed by atoms with Crippen molar-refractivity contribution in [3.63, 3.8) is 0 Å². The first-order chi connectivity index (χ1) is 19.1. The number of rotatable bonds is 10. The summed E-state index contributed by atoms with van der Waals surface area (Å²) in [7, 11) is -3.88. The van der Waals surface area contributed by atoms with Crippen molar-refractivity contribution in [3.8, 4) is 0 Å². The molecule has 2 atom stereocenters. The number of anilines is 1. The number of nitrogens with one attached hydrogen (secondary N) is 2. The standard InChI is InChI=1S/C26H30IN5O6S2/c27-15-20-10-9-19(39-20)11-14-40(37,38)30-21-3-1-12-31(26(21)36)16-23(33)32-13-2-4-22(32)25(35)29-18-7-5-17(6-8-18)24(28)34/h5-11,14,21-22,30H,1-4,12-13,15-16H2,(H2,28,34)(H,29,35)/b14-11+/t21-,22-/m0/s1. The Labute approximate surface area is 250 Å². The molecule has 3 heterocycles. The molecule has 0 unspecified atom stereocenters. The number of nitrogens with two attached hydrogens (primary N) is 1. The zero-order valence-electron chi connectivity index (χ0n) is 21.5. The van der Waals surface area contributed by atoms with E-state index in [4.69, 9.17) is 5.73 Å². The van der Waals surface area contributed by atoms with E-state index in [1.165, 1.54) is 39.3 Å². The van der Waals surface area contributed by atoms with E-state index >= 15 is 0 Å². The summed E-state index contributed by atoms with van der Waals surface area (Å²) < 4.78 is 28.6. The van der Waals surface area contributed by atoms with Crippen LogP contribution < -0.4 is 15.8 Å². The van der Waals surface area contributed by atoms with Crippen molar-refractivity contribution in [2.24, 2.45) is 5.73 Å². The number of primary amides is 1. The Bertz CT molecular complexity index is 1410. The number of alkyl halides is 1. The fraction of sp³-hybridized carbons (Fsp3) is 0.385. The number of carbonyl (C=O) groups excluding carboxylic acids is 4. The van der Waals surface area contributed by atoms with E-state index in [0.29, 0.717) is 50.0 Å². The van der Waals surface area contributed by atoms with Crippen LogP contribution in [-0.2, 0) is 28.8 Å². The van der Waals surface area contributed by atoms with Crippen molar-refractivity contribution in [2.75, 3.05) is 25.0 Å². The predicted molar refractivity (Wildman–Crippen MR) is 161 cm³/mol. The van der Waals surface area contributed by atoms with Gasteiger partial charge < -0.3 is 20.9 Å². The summed E-state index contributed by atoms with van der Waals surface area (Å²) in [5.41, 5.74) is 6.03. The molecule has 214 valence electrons.